The molecule has 0 saturated carbocycles. The average Bonchev–Trinajstić information content (AvgIpc) is 3.60. The van der Waals surface area contributed by atoms with Gasteiger partial charge < -0.3 is 24.0 Å². The van der Waals surface area contributed by atoms with E-state index in [2.05, 4.69) is 16.0 Å². The second-order valence-corrected chi connectivity index (χ2v) is 13.1. The van der Waals surface area contributed by atoms with Crippen molar-refractivity contribution in [2.24, 2.45) is 0 Å². The number of urea groups is 1. The maximum Gasteiger partial charge on any atom is 0.324 e. The Morgan fingerprint density at radius 1 is 0.820 bits per heavy atom. The molecule has 7 rings (SSSR count). The smallest absolute Gasteiger partial charge is 0.324 e. The summed E-state index contributed by atoms with van der Waals surface area (Å²) in [6.07, 6.45) is 2.69. The van der Waals surface area contributed by atoms with E-state index in [-0.39, 0.29) is 37.5 Å². The summed E-state index contributed by atoms with van der Waals surface area (Å²) < 4.78 is 17.0. The summed E-state index contributed by atoms with van der Waals surface area (Å²) >= 11 is 0. The van der Waals surface area contributed by atoms with E-state index in [9.17, 15) is 14.4 Å². The predicted molar refractivity (Wildman–Crippen MR) is 188 cm³/mol. The summed E-state index contributed by atoms with van der Waals surface area (Å²) in [7, 11) is 0. The van der Waals surface area contributed by atoms with Crippen molar-refractivity contribution in [1.29, 1.82) is 0 Å². The summed E-state index contributed by atoms with van der Waals surface area (Å²) in [5.74, 6) is 2.60. The highest BCUT2D eigenvalue weighted by Gasteiger charge is 2.31. The normalized spacial score (nSPS) is 16.1. The fourth-order valence-corrected chi connectivity index (χ4v) is 6.52. The molecule has 11 nitrogen and oxygen atoms in total. The van der Waals surface area contributed by atoms with Crippen molar-refractivity contribution in [3.8, 4) is 23.1 Å². The zero-order chi connectivity index (χ0) is 34.6. The lowest BCUT2D eigenvalue weighted by atomic mass is 10.0. The minimum Gasteiger partial charge on any atom is -0.454 e. The second-order valence-electron chi connectivity index (χ2n) is 13.1. The molecular weight excluding hydrogens is 634 g/mol. The highest BCUT2D eigenvalue weighted by molar-refractivity contribution is 5.97. The molecule has 4 heterocycles. The van der Waals surface area contributed by atoms with Gasteiger partial charge in [-0.05, 0) is 67.3 Å². The predicted octanol–water partition coefficient (Wildman–Crippen LogP) is 5.62. The molecular formula is C39H41N5O6. The molecule has 0 bridgehead atoms. The van der Waals surface area contributed by atoms with E-state index in [1.54, 1.807) is 22.1 Å². The van der Waals surface area contributed by atoms with Gasteiger partial charge in [-0.1, -0.05) is 42.0 Å². The summed E-state index contributed by atoms with van der Waals surface area (Å²) in [4.78, 5) is 51.5. The van der Waals surface area contributed by atoms with Crippen LogP contribution in [0.15, 0.2) is 79.0 Å². The molecule has 2 fully saturated rings. The van der Waals surface area contributed by atoms with Gasteiger partial charge in [0.25, 0.3) is 0 Å². The monoisotopic (exact) mass is 675 g/mol. The molecule has 0 atom stereocenters. The number of hydrogen-bond donors (Lipinski definition) is 0. The Kier molecular flexibility index (Phi) is 9.66. The van der Waals surface area contributed by atoms with Crippen molar-refractivity contribution in [2.45, 2.75) is 33.2 Å². The number of carbonyl (C=O) groups is 3. The van der Waals surface area contributed by atoms with Gasteiger partial charge in [0.15, 0.2) is 17.3 Å². The molecule has 0 radical (unpaired) electrons. The molecule has 3 aromatic carbocycles. The van der Waals surface area contributed by atoms with Crippen LogP contribution in [0, 0.1) is 13.8 Å². The zero-order valence-electron chi connectivity index (χ0n) is 28.5. The number of hydrogen-bond acceptors (Lipinski definition) is 8. The molecule has 3 amide bonds. The van der Waals surface area contributed by atoms with Gasteiger partial charge in [0, 0.05) is 75.7 Å². The summed E-state index contributed by atoms with van der Waals surface area (Å²) in [5.41, 5.74) is 5.35. The Morgan fingerprint density at radius 2 is 1.60 bits per heavy atom. The fraction of sp³-hybridized carbons (Fsp3) is 0.333. The Bertz CT molecular complexity index is 1870. The van der Waals surface area contributed by atoms with Crippen molar-refractivity contribution in [3.05, 3.63) is 107 Å². The molecule has 11 heteroatoms. The quantitative estimate of drug-likeness (QED) is 0.200. The number of fused-ring (bicyclic) bond motifs is 1. The molecule has 1 aromatic heterocycles. The molecule has 0 N–H and O–H groups in total. The Hall–Kier alpha value is -5.42. The maximum atomic E-state index is 13.6. The van der Waals surface area contributed by atoms with Crippen molar-refractivity contribution in [2.75, 3.05) is 57.5 Å². The number of ether oxygens (including phenoxy) is 3. The van der Waals surface area contributed by atoms with E-state index in [0.29, 0.717) is 43.4 Å². The van der Waals surface area contributed by atoms with Gasteiger partial charge in [0.05, 0.1) is 0 Å². The minimum atomic E-state index is -0.170. The third kappa shape index (κ3) is 7.58. The van der Waals surface area contributed by atoms with Gasteiger partial charge in [-0.2, -0.15) is 0 Å². The van der Waals surface area contributed by atoms with Gasteiger partial charge >= 0.3 is 6.03 Å². The van der Waals surface area contributed by atoms with E-state index in [1.165, 1.54) is 0 Å². The third-order valence-corrected chi connectivity index (χ3v) is 9.43. The maximum absolute atomic E-state index is 13.6. The number of ketones is 1. The molecule has 3 aliphatic heterocycles. The lowest BCUT2D eigenvalue weighted by Gasteiger charge is -2.38. The first kappa shape index (κ1) is 33.1. The van der Waals surface area contributed by atoms with E-state index >= 15 is 0 Å². The summed E-state index contributed by atoms with van der Waals surface area (Å²) in [5, 5.41) is 0. The van der Waals surface area contributed by atoms with E-state index < -0.39 is 0 Å². The standard InChI is InChI=1S/C39H41N5O6/c1-27-4-8-31(9-5-27)33(45)21-29-7-13-37(40-23-29)50-34-12-10-32(20-28(34)2)44-15-3-14-43(39(44)47)25-38(46)42-18-16-41(17-19-42)24-30-6-11-35-36(22-30)49-26-48-35/h4-13,20,22-23H,3,14-19,21,24-26H2,1-2H3. The third-order valence-electron chi connectivity index (χ3n) is 9.43. The van der Waals surface area contributed by atoms with Gasteiger partial charge in [-0.15, -0.1) is 0 Å². The second kappa shape index (κ2) is 14.6. The molecule has 258 valence electrons. The van der Waals surface area contributed by atoms with E-state index in [4.69, 9.17) is 14.2 Å². The number of rotatable bonds is 10. The van der Waals surface area contributed by atoms with E-state index in [1.807, 2.05) is 79.4 Å². The highest BCUT2D eigenvalue weighted by atomic mass is 16.7. The van der Waals surface area contributed by atoms with Crippen LogP contribution in [0.4, 0.5) is 10.5 Å². The Balaban J connectivity index is 0.900. The number of carbonyl (C=O) groups excluding carboxylic acids is 3. The number of pyridine rings is 1. The van der Waals surface area contributed by atoms with Crippen molar-refractivity contribution in [1.82, 2.24) is 19.7 Å². The summed E-state index contributed by atoms with van der Waals surface area (Å²) in [6.45, 7) is 8.92. The molecule has 2 saturated heterocycles. The zero-order valence-corrected chi connectivity index (χ0v) is 28.5. The van der Waals surface area contributed by atoms with E-state index in [0.717, 1.165) is 65.5 Å². The first-order chi connectivity index (χ1) is 24.3. The molecule has 0 unspecified atom stereocenters. The molecule has 0 spiro atoms. The van der Waals surface area contributed by atoms with Crippen molar-refractivity contribution in [3.63, 3.8) is 0 Å². The van der Waals surface area contributed by atoms with Gasteiger partial charge in [-0.3, -0.25) is 19.4 Å². The number of benzene rings is 3. The molecule has 4 aromatic rings. The minimum absolute atomic E-state index is 0.0270. The van der Waals surface area contributed by atoms with Crippen molar-refractivity contribution >= 4 is 23.4 Å². The lowest BCUT2D eigenvalue weighted by molar-refractivity contribution is -0.133. The number of piperazine rings is 1. The summed E-state index contributed by atoms with van der Waals surface area (Å²) in [6, 6.07) is 22.6. The topological polar surface area (TPSA) is 105 Å². The number of nitrogens with zero attached hydrogens (tertiary/aromatic N) is 5. The van der Waals surface area contributed by atoms with Gasteiger partial charge in [0.2, 0.25) is 18.6 Å². The highest BCUT2D eigenvalue weighted by Crippen LogP contribution is 2.33. The largest absolute Gasteiger partial charge is 0.454 e. The van der Waals surface area contributed by atoms with Crippen LogP contribution in [0.25, 0.3) is 0 Å². The van der Waals surface area contributed by atoms with Crippen LogP contribution in [0.2, 0.25) is 0 Å². The van der Waals surface area contributed by atoms with Crippen LogP contribution < -0.4 is 19.1 Å². The SMILES string of the molecule is Cc1ccc(C(=O)Cc2ccc(Oc3ccc(N4CCCN(CC(=O)N5CCN(Cc6ccc7c(c6)OCO7)CC5)C4=O)cc3C)nc2)cc1. The van der Waals surface area contributed by atoms with Crippen LogP contribution in [0.3, 0.4) is 0 Å². The Morgan fingerprint density at radius 3 is 2.36 bits per heavy atom. The van der Waals surface area contributed by atoms with Crippen LogP contribution >= 0.6 is 0 Å². The number of aromatic nitrogens is 1. The van der Waals surface area contributed by atoms with Crippen LogP contribution in [-0.4, -0.2) is 90.0 Å². The van der Waals surface area contributed by atoms with Crippen LogP contribution in [0.1, 0.15) is 39.0 Å². The number of anilines is 1. The van der Waals surface area contributed by atoms with Gasteiger partial charge in [0.1, 0.15) is 12.3 Å². The first-order valence-electron chi connectivity index (χ1n) is 17.1. The first-order valence-corrected chi connectivity index (χ1v) is 17.1. The number of aryl methyl sites for hydroxylation is 2. The number of amides is 3. The van der Waals surface area contributed by atoms with Crippen LogP contribution in [0.5, 0.6) is 23.1 Å². The van der Waals surface area contributed by atoms with Gasteiger partial charge in [-0.25, -0.2) is 9.78 Å². The van der Waals surface area contributed by atoms with Crippen LogP contribution in [-0.2, 0) is 17.8 Å². The lowest BCUT2D eigenvalue weighted by Crippen LogP contribution is -2.55. The fourth-order valence-electron chi connectivity index (χ4n) is 6.52. The number of Topliss-reactive ketones (excluding diaryl/α,β-unsaturated/α-hetero) is 1. The van der Waals surface area contributed by atoms with Crippen molar-refractivity contribution < 1.29 is 28.6 Å². The Labute approximate surface area is 292 Å². The molecule has 0 aliphatic carbocycles. The average molecular weight is 676 g/mol. The molecule has 3 aliphatic rings. The molecule has 50 heavy (non-hydrogen) atoms.